The van der Waals surface area contributed by atoms with E-state index < -0.39 is 12.3 Å². The van der Waals surface area contributed by atoms with Crippen molar-refractivity contribution in [1.82, 2.24) is 30.2 Å². The number of nitrogens with zero attached hydrogens (tertiary/aromatic N) is 5. The van der Waals surface area contributed by atoms with Crippen LogP contribution >= 0.6 is 0 Å². The highest BCUT2D eigenvalue weighted by Gasteiger charge is 2.26. The predicted octanol–water partition coefficient (Wildman–Crippen LogP) is 2.22. The fourth-order valence-electron chi connectivity index (χ4n) is 3.01. The van der Waals surface area contributed by atoms with Gasteiger partial charge in [-0.1, -0.05) is 17.3 Å². The van der Waals surface area contributed by atoms with E-state index in [9.17, 15) is 13.6 Å². The molecule has 26 heavy (non-hydrogen) atoms. The molecular formula is C16H14F2N6O2. The molecule has 1 aromatic carbocycles. The molecule has 10 heteroatoms. The minimum atomic E-state index is -2.80. The molecule has 0 bridgehead atoms. The minimum absolute atomic E-state index is 0.115. The first-order valence-corrected chi connectivity index (χ1v) is 7.92. The van der Waals surface area contributed by atoms with Gasteiger partial charge in [-0.05, 0) is 30.0 Å². The number of halogens is 2. The van der Waals surface area contributed by atoms with Crippen LogP contribution in [0.2, 0.25) is 0 Å². The summed E-state index contributed by atoms with van der Waals surface area (Å²) >= 11 is 0. The summed E-state index contributed by atoms with van der Waals surface area (Å²) in [5, 5.41) is 10.5. The fraction of sp³-hybridized carbons (Fsp3) is 0.312. The summed E-state index contributed by atoms with van der Waals surface area (Å²) in [6.07, 6.45) is 0.128. The minimum Gasteiger partial charge on any atom is -0.342 e. The molecule has 4 rings (SSSR count). The summed E-state index contributed by atoms with van der Waals surface area (Å²) in [6, 6.07) is 5.24. The van der Waals surface area contributed by atoms with Gasteiger partial charge in [0.25, 0.3) is 11.8 Å². The molecule has 0 aliphatic heterocycles. The standard InChI is InChI=1S/C16H14F2N6O2/c1-24-7-19-14(22-24)15(25)20-11-5-3-8-6-9(2-4-10(8)11)13-21-16(12(17)18)26-23-13/h2,4,6-7,11-12H,3,5H2,1H3,(H,20,25). The highest BCUT2D eigenvalue weighted by atomic mass is 19.3. The Hall–Kier alpha value is -3.17. The summed E-state index contributed by atoms with van der Waals surface area (Å²) in [7, 11) is 1.69. The highest BCUT2D eigenvalue weighted by molar-refractivity contribution is 5.90. The SMILES string of the molecule is Cn1cnc(C(=O)NC2CCc3cc(-c4noc(C(F)F)n4)ccc32)n1. The van der Waals surface area contributed by atoms with E-state index in [0.717, 1.165) is 24.0 Å². The zero-order chi connectivity index (χ0) is 18.3. The number of aromatic nitrogens is 5. The van der Waals surface area contributed by atoms with Crippen molar-refractivity contribution in [3.8, 4) is 11.4 Å². The lowest BCUT2D eigenvalue weighted by Gasteiger charge is -2.13. The van der Waals surface area contributed by atoms with E-state index in [2.05, 4.69) is 30.1 Å². The molecule has 1 N–H and O–H groups in total. The molecule has 0 fully saturated rings. The van der Waals surface area contributed by atoms with Crippen molar-refractivity contribution in [3.63, 3.8) is 0 Å². The van der Waals surface area contributed by atoms with Crippen LogP contribution in [0, 0.1) is 0 Å². The Morgan fingerprint density at radius 2 is 2.27 bits per heavy atom. The Morgan fingerprint density at radius 3 is 2.96 bits per heavy atom. The topological polar surface area (TPSA) is 98.7 Å². The van der Waals surface area contributed by atoms with Gasteiger partial charge in [-0.3, -0.25) is 9.48 Å². The molecule has 134 valence electrons. The number of carbonyl (C=O) groups excluding carboxylic acids is 1. The van der Waals surface area contributed by atoms with E-state index in [4.69, 9.17) is 0 Å². The zero-order valence-corrected chi connectivity index (χ0v) is 13.7. The Kier molecular flexibility index (Phi) is 3.94. The first-order valence-electron chi connectivity index (χ1n) is 7.92. The lowest BCUT2D eigenvalue weighted by molar-refractivity contribution is 0.0926. The molecule has 0 radical (unpaired) electrons. The number of alkyl halides is 2. The first kappa shape index (κ1) is 16.3. The van der Waals surface area contributed by atoms with E-state index in [1.807, 2.05) is 12.1 Å². The quantitative estimate of drug-likeness (QED) is 0.766. The summed E-state index contributed by atoms with van der Waals surface area (Å²) in [5.74, 6) is -0.807. The van der Waals surface area contributed by atoms with Gasteiger partial charge in [-0.2, -0.15) is 13.8 Å². The predicted molar refractivity (Wildman–Crippen MR) is 84.2 cm³/mol. The number of amides is 1. The van der Waals surface area contributed by atoms with Crippen LogP contribution < -0.4 is 5.32 Å². The van der Waals surface area contributed by atoms with Crippen LogP contribution in [-0.4, -0.2) is 30.8 Å². The summed E-state index contributed by atoms with van der Waals surface area (Å²) in [4.78, 5) is 19.9. The van der Waals surface area contributed by atoms with Gasteiger partial charge >= 0.3 is 6.43 Å². The number of hydrogen-bond donors (Lipinski definition) is 1. The molecule has 2 aromatic heterocycles. The average molecular weight is 360 g/mol. The Balaban J connectivity index is 1.53. The molecule has 1 amide bonds. The summed E-state index contributed by atoms with van der Waals surface area (Å²) < 4.78 is 31.2. The molecule has 0 saturated heterocycles. The van der Waals surface area contributed by atoms with Gasteiger partial charge < -0.3 is 9.84 Å². The molecule has 0 spiro atoms. The lowest BCUT2D eigenvalue weighted by Crippen LogP contribution is -2.28. The fourth-order valence-corrected chi connectivity index (χ4v) is 3.01. The molecular weight excluding hydrogens is 346 g/mol. The van der Waals surface area contributed by atoms with Crippen molar-refractivity contribution >= 4 is 5.91 Å². The normalized spacial score (nSPS) is 16.1. The Bertz CT molecular complexity index is 967. The molecule has 1 unspecified atom stereocenters. The van der Waals surface area contributed by atoms with Crippen molar-refractivity contribution < 1.29 is 18.1 Å². The number of nitrogens with one attached hydrogen (secondary N) is 1. The molecule has 2 heterocycles. The maximum atomic E-state index is 12.6. The van der Waals surface area contributed by atoms with E-state index in [1.54, 1.807) is 13.1 Å². The molecule has 1 aliphatic rings. The van der Waals surface area contributed by atoms with Gasteiger partial charge in [0, 0.05) is 12.6 Å². The van der Waals surface area contributed by atoms with Crippen LogP contribution in [0.4, 0.5) is 8.78 Å². The van der Waals surface area contributed by atoms with Crippen molar-refractivity contribution in [2.24, 2.45) is 7.05 Å². The van der Waals surface area contributed by atoms with Gasteiger partial charge in [0.1, 0.15) is 6.33 Å². The van der Waals surface area contributed by atoms with Crippen LogP contribution in [0.25, 0.3) is 11.4 Å². The third kappa shape index (κ3) is 2.93. The second-order valence-corrected chi connectivity index (χ2v) is 5.98. The number of benzene rings is 1. The molecule has 1 atom stereocenters. The van der Waals surface area contributed by atoms with Crippen LogP contribution in [0.3, 0.4) is 0 Å². The van der Waals surface area contributed by atoms with Crippen LogP contribution in [-0.2, 0) is 13.5 Å². The van der Waals surface area contributed by atoms with Crippen molar-refractivity contribution in [3.05, 3.63) is 47.4 Å². The number of fused-ring (bicyclic) bond motifs is 1. The van der Waals surface area contributed by atoms with Crippen LogP contribution in [0.5, 0.6) is 0 Å². The summed E-state index contributed by atoms with van der Waals surface area (Å²) in [5.41, 5.74) is 2.57. The van der Waals surface area contributed by atoms with Crippen LogP contribution in [0.15, 0.2) is 29.0 Å². The molecule has 1 aliphatic carbocycles. The summed E-state index contributed by atoms with van der Waals surface area (Å²) in [6.45, 7) is 0. The van der Waals surface area contributed by atoms with E-state index in [-0.39, 0.29) is 23.6 Å². The lowest BCUT2D eigenvalue weighted by atomic mass is 10.0. The monoisotopic (exact) mass is 360 g/mol. The Morgan fingerprint density at radius 1 is 1.42 bits per heavy atom. The van der Waals surface area contributed by atoms with E-state index in [0.29, 0.717) is 5.56 Å². The zero-order valence-electron chi connectivity index (χ0n) is 13.7. The average Bonchev–Trinajstić information content (AvgIpc) is 3.34. The smallest absolute Gasteiger partial charge is 0.315 e. The van der Waals surface area contributed by atoms with Gasteiger partial charge in [0.05, 0.1) is 6.04 Å². The van der Waals surface area contributed by atoms with Gasteiger partial charge in [-0.15, -0.1) is 5.10 Å². The maximum Gasteiger partial charge on any atom is 0.315 e. The number of hydrogen-bond acceptors (Lipinski definition) is 6. The number of aryl methyl sites for hydroxylation is 2. The van der Waals surface area contributed by atoms with Gasteiger partial charge in [0.2, 0.25) is 11.6 Å². The van der Waals surface area contributed by atoms with E-state index >= 15 is 0 Å². The number of carbonyl (C=O) groups is 1. The second-order valence-electron chi connectivity index (χ2n) is 5.98. The third-order valence-electron chi connectivity index (χ3n) is 4.22. The van der Waals surface area contributed by atoms with Crippen molar-refractivity contribution in [1.29, 1.82) is 0 Å². The second kappa shape index (κ2) is 6.28. The third-order valence-corrected chi connectivity index (χ3v) is 4.22. The van der Waals surface area contributed by atoms with Crippen LogP contribution in [0.1, 0.15) is 46.5 Å². The molecule has 3 aromatic rings. The van der Waals surface area contributed by atoms with Crippen molar-refractivity contribution in [2.45, 2.75) is 25.3 Å². The molecule has 0 saturated carbocycles. The van der Waals surface area contributed by atoms with Crippen molar-refractivity contribution in [2.75, 3.05) is 0 Å². The van der Waals surface area contributed by atoms with Gasteiger partial charge in [0.15, 0.2) is 0 Å². The number of rotatable bonds is 4. The maximum absolute atomic E-state index is 12.6. The largest absolute Gasteiger partial charge is 0.342 e. The Labute approximate surface area is 146 Å². The van der Waals surface area contributed by atoms with E-state index in [1.165, 1.54) is 11.0 Å². The highest BCUT2D eigenvalue weighted by Crippen LogP contribution is 2.34. The van der Waals surface area contributed by atoms with Gasteiger partial charge in [-0.25, -0.2) is 4.98 Å². The first-order chi connectivity index (χ1) is 12.5. The molecule has 8 nitrogen and oxygen atoms in total.